The first kappa shape index (κ1) is 14.1. The van der Waals surface area contributed by atoms with E-state index in [0.717, 1.165) is 12.0 Å². The lowest BCUT2D eigenvalue weighted by molar-refractivity contribution is -0.121. The maximum Gasteiger partial charge on any atom is 0.220 e. The van der Waals surface area contributed by atoms with Crippen molar-refractivity contribution in [1.82, 2.24) is 5.32 Å². The van der Waals surface area contributed by atoms with Gasteiger partial charge in [-0.25, -0.2) is 0 Å². The van der Waals surface area contributed by atoms with Gasteiger partial charge >= 0.3 is 0 Å². The van der Waals surface area contributed by atoms with Gasteiger partial charge in [-0.3, -0.25) is 4.79 Å². The molecule has 3 N–H and O–H groups in total. The molecule has 104 valence electrons. The quantitative estimate of drug-likeness (QED) is 0.826. The van der Waals surface area contributed by atoms with Gasteiger partial charge in [-0.15, -0.1) is 0 Å². The molecule has 0 bridgehead atoms. The lowest BCUT2D eigenvalue weighted by Crippen LogP contribution is -2.28. The fourth-order valence-corrected chi connectivity index (χ4v) is 2.78. The van der Waals surface area contributed by atoms with E-state index in [1.54, 1.807) is 0 Å². The summed E-state index contributed by atoms with van der Waals surface area (Å²) in [7, 11) is 0. The highest BCUT2D eigenvalue weighted by atomic mass is 16.1. The molecule has 1 aromatic carbocycles. The van der Waals surface area contributed by atoms with Crippen molar-refractivity contribution in [2.24, 2.45) is 11.7 Å². The third-order valence-electron chi connectivity index (χ3n) is 3.95. The molecule has 0 radical (unpaired) electrons. The molecule has 2 rings (SSSR count). The molecule has 1 unspecified atom stereocenters. The molecular formula is C16H24N2O. The van der Waals surface area contributed by atoms with Crippen LogP contribution in [0, 0.1) is 5.92 Å². The summed E-state index contributed by atoms with van der Waals surface area (Å²) in [5, 5.41) is 2.99. The molecule has 0 spiro atoms. The Morgan fingerprint density at radius 2 is 1.95 bits per heavy atom. The second kappa shape index (κ2) is 7.29. The van der Waals surface area contributed by atoms with Gasteiger partial charge in [0.2, 0.25) is 5.91 Å². The molecular weight excluding hydrogens is 236 g/mol. The van der Waals surface area contributed by atoms with Crippen molar-refractivity contribution in [2.45, 2.75) is 44.6 Å². The third-order valence-corrected chi connectivity index (χ3v) is 3.95. The normalized spacial score (nSPS) is 17.3. The Morgan fingerprint density at radius 3 is 2.63 bits per heavy atom. The van der Waals surface area contributed by atoms with E-state index in [2.05, 4.69) is 5.32 Å². The molecule has 1 aliphatic carbocycles. The molecule has 1 atom stereocenters. The maximum absolute atomic E-state index is 11.8. The van der Waals surface area contributed by atoms with Gasteiger partial charge in [-0.2, -0.15) is 0 Å². The zero-order valence-corrected chi connectivity index (χ0v) is 11.5. The first-order chi connectivity index (χ1) is 9.25. The van der Waals surface area contributed by atoms with E-state index in [-0.39, 0.29) is 11.9 Å². The van der Waals surface area contributed by atoms with E-state index < -0.39 is 0 Å². The van der Waals surface area contributed by atoms with E-state index in [1.165, 1.54) is 25.7 Å². The molecule has 19 heavy (non-hydrogen) atoms. The van der Waals surface area contributed by atoms with Crippen LogP contribution in [0.5, 0.6) is 0 Å². The van der Waals surface area contributed by atoms with Crippen molar-refractivity contribution in [2.75, 3.05) is 6.54 Å². The van der Waals surface area contributed by atoms with Gasteiger partial charge in [0.25, 0.3) is 0 Å². The molecule has 1 aromatic rings. The molecule has 1 saturated carbocycles. The van der Waals surface area contributed by atoms with E-state index >= 15 is 0 Å². The molecule has 1 fully saturated rings. The Kier molecular flexibility index (Phi) is 5.40. The van der Waals surface area contributed by atoms with E-state index in [0.29, 0.717) is 18.9 Å². The largest absolute Gasteiger partial charge is 0.356 e. The molecule has 0 heterocycles. The van der Waals surface area contributed by atoms with Crippen LogP contribution in [0.3, 0.4) is 0 Å². The lowest BCUT2D eigenvalue weighted by atomic mass is 10.0. The van der Waals surface area contributed by atoms with Crippen LogP contribution >= 0.6 is 0 Å². The van der Waals surface area contributed by atoms with E-state index in [1.807, 2.05) is 30.3 Å². The summed E-state index contributed by atoms with van der Waals surface area (Å²) in [6, 6.07) is 10.0. The molecule has 0 aliphatic heterocycles. The molecule has 0 aromatic heterocycles. The standard InChI is InChI=1S/C16H24N2O/c17-15(14-8-2-1-3-9-14)10-11-18-16(19)12-13-6-4-5-7-13/h1-3,8-9,13,15H,4-7,10-12,17H2,(H,18,19). The zero-order chi connectivity index (χ0) is 13.5. The van der Waals surface area contributed by atoms with Gasteiger partial charge in [0.1, 0.15) is 0 Å². The summed E-state index contributed by atoms with van der Waals surface area (Å²) in [6.45, 7) is 0.668. The van der Waals surface area contributed by atoms with Crippen LogP contribution in [0.25, 0.3) is 0 Å². The monoisotopic (exact) mass is 260 g/mol. The van der Waals surface area contributed by atoms with Gasteiger partial charge in [0, 0.05) is 19.0 Å². The highest BCUT2D eigenvalue weighted by Crippen LogP contribution is 2.27. The summed E-state index contributed by atoms with van der Waals surface area (Å²) in [6.07, 6.45) is 6.50. The predicted molar refractivity (Wildman–Crippen MR) is 77.6 cm³/mol. The summed E-state index contributed by atoms with van der Waals surface area (Å²) >= 11 is 0. The molecule has 3 heteroatoms. The molecule has 1 amide bonds. The number of benzene rings is 1. The highest BCUT2D eigenvalue weighted by molar-refractivity contribution is 5.76. The Labute approximate surface area is 115 Å². The number of carbonyl (C=O) groups excluding carboxylic acids is 1. The molecule has 3 nitrogen and oxygen atoms in total. The van der Waals surface area contributed by atoms with Crippen LogP contribution in [0.2, 0.25) is 0 Å². The Hall–Kier alpha value is -1.35. The van der Waals surface area contributed by atoms with Crippen LogP contribution in [-0.2, 0) is 4.79 Å². The van der Waals surface area contributed by atoms with E-state index in [4.69, 9.17) is 5.73 Å². The van der Waals surface area contributed by atoms with Crippen molar-refractivity contribution in [3.63, 3.8) is 0 Å². The maximum atomic E-state index is 11.8. The Bertz CT molecular complexity index is 385. The molecule has 0 saturated heterocycles. The van der Waals surface area contributed by atoms with Crippen molar-refractivity contribution in [3.8, 4) is 0 Å². The Morgan fingerprint density at radius 1 is 1.26 bits per heavy atom. The lowest BCUT2D eigenvalue weighted by Gasteiger charge is -2.13. The number of hydrogen-bond donors (Lipinski definition) is 2. The van der Waals surface area contributed by atoms with Crippen LogP contribution < -0.4 is 11.1 Å². The second-order valence-corrected chi connectivity index (χ2v) is 5.51. The fraction of sp³-hybridized carbons (Fsp3) is 0.562. The number of carbonyl (C=O) groups is 1. The number of nitrogens with two attached hydrogens (primary N) is 1. The fourth-order valence-electron chi connectivity index (χ4n) is 2.78. The smallest absolute Gasteiger partial charge is 0.220 e. The SMILES string of the molecule is NC(CCNC(=O)CC1CCCC1)c1ccccc1. The predicted octanol–water partition coefficient (Wildman–Crippen LogP) is 2.77. The minimum atomic E-state index is 0.00739. The van der Waals surface area contributed by atoms with Gasteiger partial charge in [0.05, 0.1) is 0 Å². The first-order valence-corrected chi connectivity index (χ1v) is 7.33. The third kappa shape index (κ3) is 4.67. The topological polar surface area (TPSA) is 55.1 Å². The van der Waals surface area contributed by atoms with Crippen LogP contribution in [-0.4, -0.2) is 12.5 Å². The average Bonchev–Trinajstić information content (AvgIpc) is 2.92. The van der Waals surface area contributed by atoms with Crippen LogP contribution in [0.1, 0.15) is 50.1 Å². The van der Waals surface area contributed by atoms with Crippen LogP contribution in [0.4, 0.5) is 0 Å². The van der Waals surface area contributed by atoms with Crippen molar-refractivity contribution < 1.29 is 4.79 Å². The Balaban J connectivity index is 1.64. The number of rotatable bonds is 6. The summed E-state index contributed by atoms with van der Waals surface area (Å²) < 4.78 is 0. The highest BCUT2D eigenvalue weighted by Gasteiger charge is 2.18. The van der Waals surface area contributed by atoms with Gasteiger partial charge < -0.3 is 11.1 Å². The van der Waals surface area contributed by atoms with Crippen molar-refractivity contribution in [3.05, 3.63) is 35.9 Å². The number of hydrogen-bond acceptors (Lipinski definition) is 2. The van der Waals surface area contributed by atoms with Gasteiger partial charge in [-0.05, 0) is 30.7 Å². The molecule has 1 aliphatic rings. The second-order valence-electron chi connectivity index (χ2n) is 5.51. The van der Waals surface area contributed by atoms with Crippen molar-refractivity contribution in [1.29, 1.82) is 0 Å². The minimum absolute atomic E-state index is 0.00739. The van der Waals surface area contributed by atoms with Crippen molar-refractivity contribution >= 4 is 5.91 Å². The number of amides is 1. The van der Waals surface area contributed by atoms with Gasteiger partial charge in [0.15, 0.2) is 0 Å². The first-order valence-electron chi connectivity index (χ1n) is 7.33. The summed E-state index contributed by atoms with van der Waals surface area (Å²) in [5.41, 5.74) is 7.23. The van der Waals surface area contributed by atoms with Crippen LogP contribution in [0.15, 0.2) is 30.3 Å². The minimum Gasteiger partial charge on any atom is -0.356 e. The van der Waals surface area contributed by atoms with E-state index in [9.17, 15) is 4.79 Å². The summed E-state index contributed by atoms with van der Waals surface area (Å²) in [5.74, 6) is 0.801. The summed E-state index contributed by atoms with van der Waals surface area (Å²) in [4.78, 5) is 11.8. The average molecular weight is 260 g/mol. The number of nitrogens with one attached hydrogen (secondary N) is 1. The van der Waals surface area contributed by atoms with Gasteiger partial charge in [-0.1, -0.05) is 43.2 Å². The zero-order valence-electron chi connectivity index (χ0n) is 11.5.